The van der Waals surface area contributed by atoms with Crippen molar-refractivity contribution < 1.29 is 23.5 Å². The second-order valence-corrected chi connectivity index (χ2v) is 5.95. The van der Waals surface area contributed by atoms with Gasteiger partial charge in [0.25, 0.3) is 0 Å². The Bertz CT molecular complexity index is 658. The summed E-state index contributed by atoms with van der Waals surface area (Å²) in [5.41, 5.74) is 0. The molecule has 7 heteroatoms. The number of thiophene rings is 1. The van der Waals surface area contributed by atoms with Crippen molar-refractivity contribution in [2.45, 2.75) is 18.9 Å². The largest absolute Gasteiger partial charge is 0.493 e. The van der Waals surface area contributed by atoms with E-state index < -0.39 is 12.0 Å². The molecule has 2 rings (SSSR count). The van der Waals surface area contributed by atoms with Crippen LogP contribution in [0.1, 0.15) is 23.8 Å². The summed E-state index contributed by atoms with van der Waals surface area (Å²) in [7, 11) is 1.31. The van der Waals surface area contributed by atoms with E-state index in [0.717, 1.165) is 4.88 Å². The first-order valence-corrected chi connectivity index (χ1v) is 8.24. The molecule has 0 aliphatic heterocycles. The van der Waals surface area contributed by atoms with Crippen molar-refractivity contribution in [2.75, 3.05) is 13.7 Å². The molecule has 0 bridgehead atoms. The number of rotatable bonds is 8. The van der Waals surface area contributed by atoms with Crippen molar-refractivity contribution >= 4 is 23.2 Å². The summed E-state index contributed by atoms with van der Waals surface area (Å²) in [6.45, 7) is 0.160. The fourth-order valence-electron chi connectivity index (χ4n) is 2.02. The van der Waals surface area contributed by atoms with E-state index in [4.69, 9.17) is 4.74 Å². The molecule has 1 aromatic carbocycles. The maximum atomic E-state index is 12.8. The van der Waals surface area contributed by atoms with E-state index in [-0.39, 0.29) is 31.2 Å². The molecule has 0 spiro atoms. The summed E-state index contributed by atoms with van der Waals surface area (Å²) in [6.07, 6.45) is 0.196. The lowest BCUT2D eigenvalue weighted by molar-refractivity contribution is -0.141. The SMILES string of the molecule is COC(=O)CC(NC(=O)CCOc1ccc(F)cc1)c1cccs1. The molecular weight excluding hydrogens is 333 g/mol. The van der Waals surface area contributed by atoms with E-state index >= 15 is 0 Å². The molecule has 24 heavy (non-hydrogen) atoms. The Morgan fingerprint density at radius 1 is 1.25 bits per heavy atom. The second kappa shape index (κ2) is 9.02. The van der Waals surface area contributed by atoms with Gasteiger partial charge in [0.1, 0.15) is 11.6 Å². The number of esters is 1. The summed E-state index contributed by atoms with van der Waals surface area (Å²) in [5.74, 6) is -0.481. The molecule has 0 aliphatic rings. The Morgan fingerprint density at radius 2 is 2.00 bits per heavy atom. The Hall–Kier alpha value is -2.41. The van der Waals surface area contributed by atoms with Gasteiger partial charge in [-0.05, 0) is 35.7 Å². The molecule has 1 unspecified atom stereocenters. The zero-order chi connectivity index (χ0) is 17.4. The number of halogens is 1. The number of ether oxygens (including phenoxy) is 2. The number of methoxy groups -OCH3 is 1. The average molecular weight is 351 g/mol. The summed E-state index contributed by atoms with van der Waals surface area (Å²) < 4.78 is 22.8. The van der Waals surface area contributed by atoms with Crippen molar-refractivity contribution in [3.8, 4) is 5.75 Å². The first-order chi connectivity index (χ1) is 11.6. The van der Waals surface area contributed by atoms with Gasteiger partial charge >= 0.3 is 5.97 Å². The molecule has 1 N–H and O–H groups in total. The highest BCUT2D eigenvalue weighted by Crippen LogP contribution is 2.22. The van der Waals surface area contributed by atoms with Crippen LogP contribution in [0.5, 0.6) is 5.75 Å². The zero-order valence-electron chi connectivity index (χ0n) is 13.2. The van der Waals surface area contributed by atoms with Crippen LogP contribution in [0, 0.1) is 5.82 Å². The topological polar surface area (TPSA) is 64.6 Å². The first-order valence-electron chi connectivity index (χ1n) is 7.36. The van der Waals surface area contributed by atoms with E-state index in [0.29, 0.717) is 5.75 Å². The van der Waals surface area contributed by atoms with Crippen molar-refractivity contribution in [1.29, 1.82) is 0 Å². The average Bonchev–Trinajstić information content (AvgIpc) is 3.10. The molecule has 1 amide bonds. The molecule has 128 valence electrons. The third kappa shape index (κ3) is 5.66. The highest BCUT2D eigenvalue weighted by atomic mass is 32.1. The Kier molecular flexibility index (Phi) is 6.74. The number of hydrogen-bond acceptors (Lipinski definition) is 5. The van der Waals surface area contributed by atoms with Gasteiger partial charge in [0.15, 0.2) is 0 Å². The highest BCUT2D eigenvalue weighted by molar-refractivity contribution is 7.10. The van der Waals surface area contributed by atoms with Gasteiger partial charge in [0.05, 0.1) is 32.6 Å². The van der Waals surface area contributed by atoms with Crippen LogP contribution in [0.2, 0.25) is 0 Å². The fourth-order valence-corrected chi connectivity index (χ4v) is 2.80. The maximum absolute atomic E-state index is 12.8. The third-order valence-electron chi connectivity index (χ3n) is 3.23. The normalized spacial score (nSPS) is 11.6. The standard InChI is InChI=1S/C17H18FNO4S/c1-22-17(21)11-14(15-3-2-10-24-15)19-16(20)8-9-23-13-6-4-12(18)5-7-13/h2-7,10,14H,8-9,11H2,1H3,(H,19,20). The Balaban J connectivity index is 1.83. The van der Waals surface area contributed by atoms with Crippen LogP contribution in [0.25, 0.3) is 0 Å². The third-order valence-corrected chi connectivity index (χ3v) is 4.22. The van der Waals surface area contributed by atoms with Crippen LogP contribution < -0.4 is 10.1 Å². The number of amides is 1. The van der Waals surface area contributed by atoms with Gasteiger partial charge in [-0.15, -0.1) is 11.3 Å². The highest BCUT2D eigenvalue weighted by Gasteiger charge is 2.19. The van der Waals surface area contributed by atoms with Crippen LogP contribution in [-0.4, -0.2) is 25.6 Å². The lowest BCUT2D eigenvalue weighted by atomic mass is 10.1. The van der Waals surface area contributed by atoms with Crippen molar-refractivity contribution in [3.05, 3.63) is 52.5 Å². The van der Waals surface area contributed by atoms with Crippen LogP contribution >= 0.6 is 11.3 Å². The van der Waals surface area contributed by atoms with Crippen LogP contribution in [0.3, 0.4) is 0 Å². The predicted molar refractivity (Wildman–Crippen MR) is 88.3 cm³/mol. The van der Waals surface area contributed by atoms with E-state index in [1.165, 1.54) is 42.7 Å². The molecule has 1 atom stereocenters. The van der Waals surface area contributed by atoms with Gasteiger partial charge in [0.2, 0.25) is 5.91 Å². The zero-order valence-corrected chi connectivity index (χ0v) is 14.0. The summed E-state index contributed by atoms with van der Waals surface area (Å²) in [5, 5.41) is 4.69. The van der Waals surface area contributed by atoms with E-state index in [9.17, 15) is 14.0 Å². The van der Waals surface area contributed by atoms with Crippen LogP contribution in [0.4, 0.5) is 4.39 Å². The van der Waals surface area contributed by atoms with Crippen molar-refractivity contribution in [1.82, 2.24) is 5.32 Å². The Labute approximate surface area is 143 Å². The van der Waals surface area contributed by atoms with Crippen LogP contribution in [0.15, 0.2) is 41.8 Å². The van der Waals surface area contributed by atoms with E-state index in [2.05, 4.69) is 10.1 Å². The summed E-state index contributed by atoms with van der Waals surface area (Å²) in [4.78, 5) is 24.4. The molecule has 5 nitrogen and oxygen atoms in total. The second-order valence-electron chi connectivity index (χ2n) is 4.97. The smallest absolute Gasteiger partial charge is 0.307 e. The molecule has 2 aromatic rings. The lowest BCUT2D eigenvalue weighted by Crippen LogP contribution is -2.30. The molecule has 0 fully saturated rings. The number of nitrogens with one attached hydrogen (secondary N) is 1. The van der Waals surface area contributed by atoms with Gasteiger partial charge in [-0.2, -0.15) is 0 Å². The fraction of sp³-hybridized carbons (Fsp3) is 0.294. The maximum Gasteiger partial charge on any atom is 0.307 e. The number of carbonyl (C=O) groups is 2. The molecule has 0 saturated heterocycles. The lowest BCUT2D eigenvalue weighted by Gasteiger charge is -2.16. The van der Waals surface area contributed by atoms with Gasteiger partial charge in [-0.25, -0.2) is 4.39 Å². The quantitative estimate of drug-likeness (QED) is 0.743. The van der Waals surface area contributed by atoms with Crippen molar-refractivity contribution in [2.24, 2.45) is 0 Å². The van der Waals surface area contributed by atoms with Gasteiger partial charge in [-0.3, -0.25) is 9.59 Å². The van der Waals surface area contributed by atoms with Crippen LogP contribution in [-0.2, 0) is 14.3 Å². The van der Waals surface area contributed by atoms with Gasteiger partial charge in [0, 0.05) is 4.88 Å². The van der Waals surface area contributed by atoms with E-state index in [1.807, 2.05) is 17.5 Å². The number of benzene rings is 1. The monoisotopic (exact) mass is 351 g/mol. The Morgan fingerprint density at radius 3 is 2.62 bits per heavy atom. The molecule has 0 radical (unpaired) electrons. The molecular formula is C17H18FNO4S. The summed E-state index contributed by atoms with van der Waals surface area (Å²) >= 11 is 1.46. The molecule has 0 saturated carbocycles. The predicted octanol–water partition coefficient (Wildman–Crippen LogP) is 3.08. The summed E-state index contributed by atoms with van der Waals surface area (Å²) in [6, 6.07) is 8.87. The van der Waals surface area contributed by atoms with E-state index in [1.54, 1.807) is 0 Å². The number of carbonyl (C=O) groups excluding carboxylic acids is 2. The minimum atomic E-state index is -0.421. The minimum absolute atomic E-state index is 0.0710. The van der Waals surface area contributed by atoms with Gasteiger partial charge in [-0.1, -0.05) is 6.07 Å². The minimum Gasteiger partial charge on any atom is -0.493 e. The molecule has 0 aliphatic carbocycles. The molecule has 1 aromatic heterocycles. The number of hydrogen-bond donors (Lipinski definition) is 1. The van der Waals surface area contributed by atoms with Gasteiger partial charge < -0.3 is 14.8 Å². The molecule has 1 heterocycles. The first kappa shape index (κ1) is 17.9. The van der Waals surface area contributed by atoms with Crippen molar-refractivity contribution in [3.63, 3.8) is 0 Å².